The molecule has 0 aromatic rings. The van der Waals surface area contributed by atoms with Crippen LogP contribution in [0.3, 0.4) is 0 Å². The zero-order valence-electron chi connectivity index (χ0n) is 16.4. The predicted molar refractivity (Wildman–Crippen MR) is 116 cm³/mol. The van der Waals surface area contributed by atoms with E-state index in [4.69, 9.17) is 0 Å². The molecule has 5 rings (SSSR count). The van der Waals surface area contributed by atoms with Crippen molar-refractivity contribution in [3.8, 4) is 0 Å². The summed E-state index contributed by atoms with van der Waals surface area (Å²) < 4.78 is 0.158. The molecule has 5 aliphatic rings. The topological polar surface area (TPSA) is 0 Å². The fourth-order valence-corrected chi connectivity index (χ4v) is 5.76. The Morgan fingerprint density at radius 2 is 1.69 bits per heavy atom. The van der Waals surface area contributed by atoms with E-state index in [9.17, 15) is 0 Å². The van der Waals surface area contributed by atoms with Gasteiger partial charge in [0.05, 0.1) is 4.75 Å². The monoisotopic (exact) mass is 366 g/mol. The molecular weight excluding hydrogens is 332 g/mol. The quantitative estimate of drug-likeness (QED) is 0.476. The predicted octanol–water partition coefficient (Wildman–Crippen LogP) is 8.05. The van der Waals surface area contributed by atoms with Crippen molar-refractivity contribution in [1.82, 2.24) is 0 Å². The van der Waals surface area contributed by atoms with Gasteiger partial charge in [0, 0.05) is 0 Å². The van der Waals surface area contributed by atoms with E-state index in [0.717, 1.165) is 5.92 Å². The van der Waals surface area contributed by atoms with Crippen LogP contribution < -0.4 is 0 Å². The van der Waals surface area contributed by atoms with E-state index in [-0.39, 0.29) is 4.75 Å². The van der Waals surface area contributed by atoms with Gasteiger partial charge in [-0.3, -0.25) is 0 Å². The number of rotatable bonds is 2. The Morgan fingerprint density at radius 3 is 2.35 bits per heavy atom. The van der Waals surface area contributed by atoms with E-state index in [1.807, 2.05) is 11.8 Å². The highest BCUT2D eigenvalue weighted by Crippen LogP contribution is 2.53. The SMILES string of the molecule is C1CCC1.CC12SC=CC1=CC=C(C1CCCCC1)C2=CC1=CCCC1. The third-order valence-electron chi connectivity index (χ3n) is 6.82. The molecule has 1 atom stereocenters. The maximum Gasteiger partial charge on any atom is 0.0673 e. The van der Waals surface area contributed by atoms with Crippen LogP contribution in [-0.4, -0.2) is 4.75 Å². The summed E-state index contributed by atoms with van der Waals surface area (Å²) in [6, 6.07) is 0. The van der Waals surface area contributed by atoms with Crippen molar-refractivity contribution in [1.29, 1.82) is 0 Å². The Morgan fingerprint density at radius 1 is 0.962 bits per heavy atom. The molecule has 1 heteroatoms. The van der Waals surface area contributed by atoms with E-state index < -0.39 is 0 Å². The van der Waals surface area contributed by atoms with Crippen molar-refractivity contribution in [2.75, 3.05) is 0 Å². The van der Waals surface area contributed by atoms with Crippen molar-refractivity contribution in [3.05, 3.63) is 58.1 Å². The molecule has 0 spiro atoms. The van der Waals surface area contributed by atoms with Crippen LogP contribution in [0.25, 0.3) is 0 Å². The van der Waals surface area contributed by atoms with Crippen molar-refractivity contribution in [2.45, 2.75) is 88.7 Å². The smallest absolute Gasteiger partial charge is 0.0673 e. The molecule has 140 valence electrons. The summed E-state index contributed by atoms with van der Waals surface area (Å²) in [6.07, 6.45) is 29.1. The molecule has 0 saturated heterocycles. The summed E-state index contributed by atoms with van der Waals surface area (Å²) >= 11 is 2.00. The first kappa shape index (κ1) is 18.4. The van der Waals surface area contributed by atoms with Gasteiger partial charge in [0.1, 0.15) is 0 Å². The summed E-state index contributed by atoms with van der Waals surface area (Å²) in [4.78, 5) is 0. The van der Waals surface area contributed by atoms with Gasteiger partial charge in [0.25, 0.3) is 0 Å². The molecule has 0 nitrogen and oxygen atoms in total. The van der Waals surface area contributed by atoms with Gasteiger partial charge in [-0.1, -0.05) is 80.9 Å². The minimum absolute atomic E-state index is 0.158. The third kappa shape index (κ3) is 3.84. The molecule has 0 aromatic heterocycles. The lowest BCUT2D eigenvalue weighted by molar-refractivity contribution is 0.403. The van der Waals surface area contributed by atoms with Crippen LogP contribution in [0.5, 0.6) is 0 Å². The number of allylic oxidation sites excluding steroid dienone is 7. The molecule has 0 N–H and O–H groups in total. The van der Waals surface area contributed by atoms with Crippen LogP contribution in [0, 0.1) is 5.92 Å². The third-order valence-corrected chi connectivity index (χ3v) is 8.02. The molecule has 2 saturated carbocycles. The largest absolute Gasteiger partial charge is 0.118 e. The van der Waals surface area contributed by atoms with Gasteiger partial charge in [-0.25, -0.2) is 0 Å². The molecule has 4 aliphatic carbocycles. The normalized spacial score (nSPS) is 32.2. The van der Waals surface area contributed by atoms with Crippen LogP contribution in [0.4, 0.5) is 0 Å². The maximum absolute atomic E-state index is 2.56. The zero-order valence-corrected chi connectivity index (χ0v) is 17.3. The van der Waals surface area contributed by atoms with Crippen LogP contribution in [0.1, 0.15) is 84.0 Å². The molecule has 1 unspecified atom stereocenters. The van der Waals surface area contributed by atoms with Crippen molar-refractivity contribution in [3.63, 3.8) is 0 Å². The van der Waals surface area contributed by atoms with Crippen molar-refractivity contribution in [2.24, 2.45) is 5.92 Å². The van der Waals surface area contributed by atoms with Crippen LogP contribution in [0.15, 0.2) is 58.1 Å². The van der Waals surface area contributed by atoms with Gasteiger partial charge < -0.3 is 0 Å². The van der Waals surface area contributed by atoms with Gasteiger partial charge in [0.2, 0.25) is 0 Å². The average molecular weight is 367 g/mol. The number of hydrogen-bond acceptors (Lipinski definition) is 1. The Labute approximate surface area is 164 Å². The molecule has 0 radical (unpaired) electrons. The highest BCUT2D eigenvalue weighted by atomic mass is 32.2. The van der Waals surface area contributed by atoms with Gasteiger partial charge in [-0.05, 0) is 67.1 Å². The fraction of sp³-hybridized carbons (Fsp3) is 0.600. The van der Waals surface area contributed by atoms with Gasteiger partial charge in [-0.15, -0.1) is 11.8 Å². The summed E-state index contributed by atoms with van der Waals surface area (Å²) in [7, 11) is 0. The highest BCUT2D eigenvalue weighted by molar-refractivity contribution is 8.04. The molecular formula is C25H34S. The summed E-state index contributed by atoms with van der Waals surface area (Å²) in [6.45, 7) is 2.43. The van der Waals surface area contributed by atoms with Crippen LogP contribution >= 0.6 is 11.8 Å². The van der Waals surface area contributed by atoms with Crippen LogP contribution in [-0.2, 0) is 0 Å². The van der Waals surface area contributed by atoms with E-state index in [2.05, 4.69) is 42.7 Å². The van der Waals surface area contributed by atoms with Crippen molar-refractivity contribution < 1.29 is 0 Å². The second-order valence-corrected chi connectivity index (χ2v) is 10.0. The molecule has 1 aliphatic heterocycles. The van der Waals surface area contributed by atoms with Gasteiger partial charge in [0.15, 0.2) is 0 Å². The Bertz CT molecular complexity index is 658. The lowest BCUT2D eigenvalue weighted by Gasteiger charge is -2.37. The highest BCUT2D eigenvalue weighted by Gasteiger charge is 2.40. The lowest BCUT2D eigenvalue weighted by atomic mass is 9.73. The first-order valence-corrected chi connectivity index (χ1v) is 11.8. The second kappa shape index (κ2) is 8.38. The van der Waals surface area contributed by atoms with E-state index >= 15 is 0 Å². The molecule has 1 heterocycles. The Hall–Kier alpha value is -0.950. The molecule has 2 fully saturated rings. The molecule has 0 aromatic carbocycles. The maximum atomic E-state index is 2.56. The Balaban J connectivity index is 0.000000373. The van der Waals surface area contributed by atoms with Gasteiger partial charge in [-0.2, -0.15) is 0 Å². The summed E-state index contributed by atoms with van der Waals surface area (Å²) in [5, 5.41) is 2.29. The number of hydrogen-bond donors (Lipinski definition) is 0. The van der Waals surface area contributed by atoms with E-state index in [0.29, 0.717) is 0 Å². The molecule has 26 heavy (non-hydrogen) atoms. The molecule has 0 bridgehead atoms. The lowest BCUT2D eigenvalue weighted by Crippen LogP contribution is -2.29. The first-order chi connectivity index (χ1) is 12.8. The average Bonchev–Trinajstić information content (AvgIpc) is 3.24. The van der Waals surface area contributed by atoms with E-state index in [1.165, 1.54) is 82.6 Å². The minimum Gasteiger partial charge on any atom is -0.118 e. The minimum atomic E-state index is 0.158. The van der Waals surface area contributed by atoms with Gasteiger partial charge >= 0.3 is 0 Å². The fourth-order valence-electron chi connectivity index (χ4n) is 4.70. The van der Waals surface area contributed by atoms with E-state index in [1.54, 1.807) is 16.7 Å². The first-order valence-electron chi connectivity index (χ1n) is 11.0. The second-order valence-electron chi connectivity index (χ2n) is 8.68. The standard InChI is InChI=1S/C21H26S.C4H8/c1-21-18(13-14-22-21)11-12-19(17-9-3-2-4-10-17)20(21)15-16-7-5-6-8-16;1-2-4-3-1/h7,11-15,17H,2-6,8-10H2,1H3;1-4H2. The van der Waals surface area contributed by atoms with Crippen molar-refractivity contribution >= 4 is 11.8 Å². The number of thioether (sulfide) groups is 1. The summed E-state index contributed by atoms with van der Waals surface area (Å²) in [5.74, 6) is 0.790. The number of fused-ring (bicyclic) bond motifs is 1. The zero-order chi connectivity index (χ0) is 17.8. The molecule has 0 amide bonds. The van der Waals surface area contributed by atoms with Crippen LogP contribution in [0.2, 0.25) is 0 Å². The summed E-state index contributed by atoms with van der Waals surface area (Å²) in [5.41, 5.74) is 6.32. The Kier molecular flexibility index (Phi) is 5.93.